The van der Waals surface area contributed by atoms with Crippen molar-refractivity contribution in [2.45, 2.75) is 44.4 Å². The van der Waals surface area contributed by atoms with Crippen LogP contribution in [-0.4, -0.2) is 35.8 Å². The molecule has 5 heteroatoms. The third-order valence-corrected chi connectivity index (χ3v) is 5.82. The molecule has 2 N–H and O–H groups in total. The van der Waals surface area contributed by atoms with Crippen molar-refractivity contribution in [3.05, 3.63) is 35.4 Å². The molecule has 1 aromatic carbocycles. The number of hydrogen-bond acceptors (Lipinski definition) is 3. The minimum Gasteiger partial charge on any atom is -0.374 e. The lowest BCUT2D eigenvalue weighted by Crippen LogP contribution is -2.50. The Hall–Kier alpha value is -1.20. The number of ether oxygens (including phenoxy) is 1. The molecular weight excluding hydrogens is 296 g/mol. The van der Waals surface area contributed by atoms with E-state index in [0.717, 1.165) is 37.2 Å². The van der Waals surface area contributed by atoms with Gasteiger partial charge in [0.15, 0.2) is 0 Å². The Labute approximate surface area is 136 Å². The van der Waals surface area contributed by atoms with Crippen LogP contribution in [0.15, 0.2) is 24.3 Å². The van der Waals surface area contributed by atoms with Crippen molar-refractivity contribution >= 4 is 17.8 Å². The second-order valence-electron chi connectivity index (χ2n) is 6.28. The average molecular weight is 320 g/mol. The van der Waals surface area contributed by atoms with Crippen LogP contribution in [0.4, 0.5) is 4.79 Å². The maximum atomic E-state index is 12.1. The van der Waals surface area contributed by atoms with Gasteiger partial charge in [-0.25, -0.2) is 4.79 Å². The molecule has 2 heterocycles. The molecule has 120 valence electrons. The van der Waals surface area contributed by atoms with Gasteiger partial charge in [0.05, 0.1) is 5.60 Å². The first-order valence-electron chi connectivity index (χ1n) is 7.97. The van der Waals surface area contributed by atoms with Crippen molar-refractivity contribution in [3.8, 4) is 0 Å². The van der Waals surface area contributed by atoms with E-state index < -0.39 is 0 Å². The molecular formula is C17H24N2O2S. The second-order valence-corrected chi connectivity index (χ2v) is 7.38. The van der Waals surface area contributed by atoms with Crippen molar-refractivity contribution in [2.75, 3.05) is 18.1 Å². The number of thioether (sulfide) groups is 1. The van der Waals surface area contributed by atoms with Gasteiger partial charge in [0.1, 0.15) is 0 Å². The fourth-order valence-electron chi connectivity index (χ4n) is 3.23. The average Bonchev–Trinajstić information content (AvgIpc) is 2.94. The summed E-state index contributed by atoms with van der Waals surface area (Å²) in [5.74, 6) is 2.24. The van der Waals surface area contributed by atoms with E-state index in [1.165, 1.54) is 11.3 Å². The van der Waals surface area contributed by atoms with Gasteiger partial charge < -0.3 is 15.4 Å². The molecule has 4 nitrogen and oxygen atoms in total. The number of nitrogens with one attached hydrogen (secondary N) is 2. The zero-order valence-electron chi connectivity index (χ0n) is 13.1. The first-order chi connectivity index (χ1) is 10.7. The van der Waals surface area contributed by atoms with E-state index in [2.05, 4.69) is 29.7 Å². The zero-order valence-corrected chi connectivity index (χ0v) is 13.9. The number of hydrogen-bond donors (Lipinski definition) is 2. The summed E-state index contributed by atoms with van der Waals surface area (Å²) in [6.07, 6.45) is 2.96. The Morgan fingerprint density at radius 1 is 1.45 bits per heavy atom. The van der Waals surface area contributed by atoms with Gasteiger partial charge in [-0.2, -0.15) is 11.8 Å². The topological polar surface area (TPSA) is 50.4 Å². The van der Waals surface area contributed by atoms with E-state index in [1.807, 2.05) is 23.9 Å². The first kappa shape index (κ1) is 15.7. The maximum absolute atomic E-state index is 12.1. The lowest BCUT2D eigenvalue weighted by molar-refractivity contribution is -0.0684. The Balaban J connectivity index is 1.48. The van der Waals surface area contributed by atoms with Gasteiger partial charge in [0, 0.05) is 24.9 Å². The molecule has 2 fully saturated rings. The summed E-state index contributed by atoms with van der Waals surface area (Å²) < 4.78 is 5.99. The normalized spacial score (nSPS) is 27.8. The predicted molar refractivity (Wildman–Crippen MR) is 90.2 cm³/mol. The van der Waals surface area contributed by atoms with E-state index in [-0.39, 0.29) is 17.7 Å². The molecule has 2 aliphatic rings. The van der Waals surface area contributed by atoms with Crippen molar-refractivity contribution in [1.82, 2.24) is 10.6 Å². The summed E-state index contributed by atoms with van der Waals surface area (Å²) in [6, 6.07) is 8.28. The molecule has 3 rings (SSSR count). The maximum Gasteiger partial charge on any atom is 0.315 e. The Morgan fingerprint density at radius 2 is 2.32 bits per heavy atom. The molecule has 0 aromatic heterocycles. The van der Waals surface area contributed by atoms with Crippen LogP contribution in [0, 0.1) is 6.92 Å². The molecule has 2 atom stereocenters. The van der Waals surface area contributed by atoms with Crippen molar-refractivity contribution in [1.29, 1.82) is 0 Å². The molecule has 1 aromatic rings. The van der Waals surface area contributed by atoms with E-state index in [1.54, 1.807) is 0 Å². The molecule has 2 amide bonds. The standard InChI is InChI=1S/C17H24N2O2S/c1-13-4-2-3-5-14(13)11-18-16(20)19-15-6-8-21-17(10-15)7-9-22-12-17/h2-5,15H,6-12H2,1H3,(H2,18,19,20)/t15-,17+/m0/s1. The van der Waals surface area contributed by atoms with Gasteiger partial charge in [-0.15, -0.1) is 0 Å². The molecule has 22 heavy (non-hydrogen) atoms. The van der Waals surface area contributed by atoms with Crippen molar-refractivity contribution < 1.29 is 9.53 Å². The van der Waals surface area contributed by atoms with E-state index in [0.29, 0.717) is 6.54 Å². The molecule has 2 aliphatic heterocycles. The molecule has 0 saturated carbocycles. The fourth-order valence-corrected chi connectivity index (χ4v) is 4.61. The first-order valence-corrected chi connectivity index (χ1v) is 9.13. The number of amides is 2. The number of carbonyl (C=O) groups excluding carboxylic acids is 1. The van der Waals surface area contributed by atoms with Crippen LogP contribution in [-0.2, 0) is 11.3 Å². The highest BCUT2D eigenvalue weighted by Gasteiger charge is 2.40. The van der Waals surface area contributed by atoms with Crippen molar-refractivity contribution in [3.63, 3.8) is 0 Å². The highest BCUT2D eigenvalue weighted by atomic mass is 32.2. The van der Waals surface area contributed by atoms with Gasteiger partial charge in [0.2, 0.25) is 0 Å². The summed E-state index contributed by atoms with van der Waals surface area (Å²) >= 11 is 1.96. The Morgan fingerprint density at radius 3 is 3.09 bits per heavy atom. The molecule has 0 aliphatic carbocycles. The number of aryl methyl sites for hydroxylation is 1. The van der Waals surface area contributed by atoms with Gasteiger partial charge in [-0.3, -0.25) is 0 Å². The second kappa shape index (κ2) is 6.92. The summed E-state index contributed by atoms with van der Waals surface area (Å²) in [4.78, 5) is 12.1. The lowest BCUT2D eigenvalue weighted by Gasteiger charge is -2.38. The van der Waals surface area contributed by atoms with Gasteiger partial charge in [0.25, 0.3) is 0 Å². The molecule has 0 unspecified atom stereocenters. The summed E-state index contributed by atoms with van der Waals surface area (Å²) in [6.45, 7) is 3.39. The minimum absolute atomic E-state index is 0.0108. The van der Waals surface area contributed by atoms with Crippen LogP contribution in [0.1, 0.15) is 30.4 Å². The highest BCUT2D eigenvalue weighted by molar-refractivity contribution is 7.99. The van der Waals surface area contributed by atoms with Crippen LogP contribution < -0.4 is 10.6 Å². The van der Waals surface area contributed by atoms with Crippen LogP contribution >= 0.6 is 11.8 Å². The summed E-state index contributed by atoms with van der Waals surface area (Å²) in [5, 5.41) is 6.09. The zero-order chi connectivity index (χ0) is 15.4. The third-order valence-electron chi connectivity index (χ3n) is 4.60. The molecule has 0 radical (unpaired) electrons. The molecule has 0 bridgehead atoms. The van der Waals surface area contributed by atoms with E-state index >= 15 is 0 Å². The highest BCUT2D eigenvalue weighted by Crippen LogP contribution is 2.38. The van der Waals surface area contributed by atoms with E-state index in [9.17, 15) is 4.79 Å². The monoisotopic (exact) mass is 320 g/mol. The summed E-state index contributed by atoms with van der Waals surface area (Å²) in [5.41, 5.74) is 2.38. The Kier molecular flexibility index (Phi) is 4.93. The largest absolute Gasteiger partial charge is 0.374 e. The number of benzene rings is 1. The minimum atomic E-state index is -0.0732. The van der Waals surface area contributed by atoms with Gasteiger partial charge >= 0.3 is 6.03 Å². The van der Waals surface area contributed by atoms with Crippen LogP contribution in [0.2, 0.25) is 0 Å². The SMILES string of the molecule is Cc1ccccc1CNC(=O)N[C@H]1CCO[C@]2(CCSC2)C1. The number of carbonyl (C=O) groups is 1. The van der Waals surface area contributed by atoms with Crippen LogP contribution in [0.25, 0.3) is 0 Å². The quantitative estimate of drug-likeness (QED) is 0.900. The summed E-state index contributed by atoms with van der Waals surface area (Å²) in [7, 11) is 0. The predicted octanol–water partition coefficient (Wildman–Crippen LogP) is 2.85. The Bertz CT molecular complexity index is 529. The fraction of sp³-hybridized carbons (Fsp3) is 0.588. The van der Waals surface area contributed by atoms with Crippen LogP contribution in [0.3, 0.4) is 0 Å². The van der Waals surface area contributed by atoms with Crippen molar-refractivity contribution in [2.24, 2.45) is 0 Å². The smallest absolute Gasteiger partial charge is 0.315 e. The van der Waals surface area contributed by atoms with Gasteiger partial charge in [-0.05, 0) is 43.1 Å². The van der Waals surface area contributed by atoms with Crippen LogP contribution in [0.5, 0.6) is 0 Å². The lowest BCUT2D eigenvalue weighted by atomic mass is 9.90. The molecule has 2 saturated heterocycles. The van der Waals surface area contributed by atoms with E-state index in [4.69, 9.17) is 4.74 Å². The third kappa shape index (κ3) is 3.76. The number of urea groups is 1. The molecule has 1 spiro atoms. The number of rotatable bonds is 3. The van der Waals surface area contributed by atoms with Gasteiger partial charge in [-0.1, -0.05) is 24.3 Å².